The first kappa shape index (κ1) is 19.7. The van der Waals surface area contributed by atoms with E-state index in [1.807, 2.05) is 6.92 Å². The number of anilines is 1. The topological polar surface area (TPSA) is 79.0 Å². The van der Waals surface area contributed by atoms with Crippen molar-refractivity contribution in [3.8, 4) is 0 Å². The number of hydrogen-bond donors (Lipinski definition) is 1. The van der Waals surface area contributed by atoms with E-state index in [0.29, 0.717) is 17.8 Å². The summed E-state index contributed by atoms with van der Waals surface area (Å²) in [6.07, 6.45) is 2.01. The van der Waals surface area contributed by atoms with Crippen molar-refractivity contribution in [2.24, 2.45) is 0 Å². The van der Waals surface area contributed by atoms with Gasteiger partial charge in [-0.1, -0.05) is 6.07 Å². The summed E-state index contributed by atoms with van der Waals surface area (Å²) in [6.45, 7) is 6.75. The van der Waals surface area contributed by atoms with Gasteiger partial charge >= 0.3 is 0 Å². The minimum Gasteiger partial charge on any atom is -0.379 e. The zero-order valence-electron chi connectivity index (χ0n) is 15.1. The van der Waals surface area contributed by atoms with E-state index in [9.17, 15) is 13.2 Å². The van der Waals surface area contributed by atoms with E-state index in [2.05, 4.69) is 10.2 Å². The second-order valence-electron chi connectivity index (χ2n) is 6.30. The highest BCUT2D eigenvalue weighted by atomic mass is 32.2. The zero-order valence-corrected chi connectivity index (χ0v) is 15.9. The number of carbonyl (C=O) groups excluding carboxylic acids is 1. The van der Waals surface area contributed by atoms with E-state index >= 15 is 0 Å². The molecule has 1 aromatic carbocycles. The molecule has 25 heavy (non-hydrogen) atoms. The number of amides is 1. The van der Waals surface area contributed by atoms with Gasteiger partial charge in [-0.15, -0.1) is 0 Å². The van der Waals surface area contributed by atoms with Gasteiger partial charge in [0.25, 0.3) is 5.91 Å². The highest BCUT2D eigenvalue weighted by Crippen LogP contribution is 2.22. The van der Waals surface area contributed by atoms with Crippen LogP contribution in [0.1, 0.15) is 22.3 Å². The van der Waals surface area contributed by atoms with Crippen molar-refractivity contribution >= 4 is 21.6 Å². The molecule has 1 amide bonds. The molecule has 1 aliphatic rings. The Labute approximate surface area is 150 Å². The van der Waals surface area contributed by atoms with Crippen molar-refractivity contribution in [1.82, 2.24) is 10.2 Å². The lowest BCUT2D eigenvalue weighted by Gasteiger charge is -2.26. The van der Waals surface area contributed by atoms with Gasteiger partial charge in [-0.05, 0) is 37.6 Å². The summed E-state index contributed by atoms with van der Waals surface area (Å²) in [5.74, 6) is -0.190. The van der Waals surface area contributed by atoms with Crippen molar-refractivity contribution in [2.75, 3.05) is 57.0 Å². The third-order valence-electron chi connectivity index (χ3n) is 4.35. The number of sulfonamides is 1. The number of nitrogens with zero attached hydrogens (tertiary/aromatic N) is 2. The summed E-state index contributed by atoms with van der Waals surface area (Å²) in [4.78, 5) is 14.6. The van der Waals surface area contributed by atoms with Crippen LogP contribution in [-0.2, 0) is 14.8 Å². The highest BCUT2D eigenvalue weighted by Gasteiger charge is 2.16. The van der Waals surface area contributed by atoms with E-state index in [-0.39, 0.29) is 5.91 Å². The fraction of sp³-hybridized carbons (Fsp3) is 0.588. The predicted octanol–water partition coefficient (Wildman–Crippen LogP) is 0.843. The van der Waals surface area contributed by atoms with Crippen LogP contribution in [-0.4, -0.2) is 71.9 Å². The smallest absolute Gasteiger partial charge is 0.251 e. The fourth-order valence-electron chi connectivity index (χ4n) is 2.70. The van der Waals surface area contributed by atoms with E-state index in [1.165, 1.54) is 11.4 Å². The van der Waals surface area contributed by atoms with Gasteiger partial charge in [0.05, 0.1) is 25.2 Å². The number of carbonyl (C=O) groups is 1. The molecule has 0 atom stereocenters. The molecule has 1 N–H and O–H groups in total. The molecule has 1 saturated heterocycles. The molecular weight excluding hydrogens is 342 g/mol. The summed E-state index contributed by atoms with van der Waals surface area (Å²) in [5, 5.41) is 2.90. The summed E-state index contributed by atoms with van der Waals surface area (Å²) in [6, 6.07) is 5.10. The van der Waals surface area contributed by atoms with E-state index in [4.69, 9.17) is 4.74 Å². The van der Waals surface area contributed by atoms with Crippen LogP contribution in [0.5, 0.6) is 0 Å². The van der Waals surface area contributed by atoms with E-state index < -0.39 is 10.0 Å². The van der Waals surface area contributed by atoms with Crippen LogP contribution in [0.4, 0.5) is 5.69 Å². The third-order valence-corrected chi connectivity index (χ3v) is 5.54. The monoisotopic (exact) mass is 369 g/mol. The standard InChI is InChI=1S/C17H27N3O4S/c1-14-5-6-15(13-16(14)19(2)25(3,22)23)17(21)18-7-4-8-20-9-11-24-12-10-20/h5-6,13H,4,7-12H2,1-3H3,(H,18,21). The Morgan fingerprint density at radius 3 is 2.64 bits per heavy atom. The van der Waals surface area contributed by atoms with Gasteiger partial charge in [0.1, 0.15) is 0 Å². The number of morpholine rings is 1. The van der Waals surface area contributed by atoms with Crippen LogP contribution in [0.25, 0.3) is 0 Å². The molecule has 140 valence electrons. The average Bonchev–Trinajstić information content (AvgIpc) is 2.58. The molecule has 1 aliphatic heterocycles. The molecule has 0 spiro atoms. The van der Waals surface area contributed by atoms with Crippen molar-refractivity contribution in [2.45, 2.75) is 13.3 Å². The minimum absolute atomic E-state index is 0.190. The van der Waals surface area contributed by atoms with Crippen LogP contribution in [0.15, 0.2) is 18.2 Å². The summed E-state index contributed by atoms with van der Waals surface area (Å²) in [7, 11) is -1.88. The van der Waals surface area contributed by atoms with Crippen molar-refractivity contribution in [3.05, 3.63) is 29.3 Å². The molecule has 0 unspecified atom stereocenters. The molecule has 0 radical (unpaired) electrons. The Kier molecular flexibility index (Phi) is 6.80. The van der Waals surface area contributed by atoms with Crippen LogP contribution in [0.3, 0.4) is 0 Å². The van der Waals surface area contributed by atoms with Gasteiger partial charge in [-0.2, -0.15) is 0 Å². The van der Waals surface area contributed by atoms with Crippen LogP contribution < -0.4 is 9.62 Å². The SMILES string of the molecule is Cc1ccc(C(=O)NCCCN2CCOCC2)cc1N(C)S(C)(=O)=O. The molecule has 7 nitrogen and oxygen atoms in total. The molecule has 1 aromatic rings. The molecule has 0 bridgehead atoms. The van der Waals surface area contributed by atoms with Crippen molar-refractivity contribution in [3.63, 3.8) is 0 Å². The first-order valence-electron chi connectivity index (χ1n) is 8.42. The van der Waals surface area contributed by atoms with Gasteiger partial charge in [-0.3, -0.25) is 14.0 Å². The molecule has 0 aliphatic carbocycles. The normalized spacial score (nSPS) is 15.8. The second-order valence-corrected chi connectivity index (χ2v) is 8.31. The first-order chi connectivity index (χ1) is 11.8. The molecule has 2 rings (SSSR count). The van der Waals surface area contributed by atoms with Gasteiger partial charge in [0.2, 0.25) is 10.0 Å². The van der Waals surface area contributed by atoms with Crippen molar-refractivity contribution < 1.29 is 17.9 Å². The minimum atomic E-state index is -3.37. The zero-order chi connectivity index (χ0) is 18.4. The molecular formula is C17H27N3O4S. The first-order valence-corrected chi connectivity index (χ1v) is 10.3. The Morgan fingerprint density at radius 1 is 1.32 bits per heavy atom. The number of rotatable bonds is 7. The lowest BCUT2D eigenvalue weighted by atomic mass is 10.1. The van der Waals surface area contributed by atoms with Gasteiger partial charge in [-0.25, -0.2) is 8.42 Å². The van der Waals surface area contributed by atoms with E-state index in [1.54, 1.807) is 18.2 Å². The van der Waals surface area contributed by atoms with Crippen LogP contribution in [0.2, 0.25) is 0 Å². The molecule has 8 heteroatoms. The highest BCUT2D eigenvalue weighted by molar-refractivity contribution is 7.92. The molecule has 0 aromatic heterocycles. The maximum Gasteiger partial charge on any atom is 0.251 e. The largest absolute Gasteiger partial charge is 0.379 e. The Hall–Kier alpha value is -1.64. The molecule has 1 heterocycles. The van der Waals surface area contributed by atoms with Crippen LogP contribution >= 0.6 is 0 Å². The Bertz CT molecular complexity index is 700. The van der Waals surface area contributed by atoms with Crippen LogP contribution in [0, 0.1) is 6.92 Å². The number of hydrogen-bond acceptors (Lipinski definition) is 5. The quantitative estimate of drug-likeness (QED) is 0.721. The summed E-state index contributed by atoms with van der Waals surface area (Å²) >= 11 is 0. The second kappa shape index (κ2) is 8.64. The maximum atomic E-state index is 12.3. The summed E-state index contributed by atoms with van der Waals surface area (Å²) in [5.41, 5.74) is 1.78. The number of nitrogens with one attached hydrogen (secondary N) is 1. The number of aryl methyl sites for hydroxylation is 1. The third kappa shape index (κ3) is 5.69. The van der Waals surface area contributed by atoms with Crippen molar-refractivity contribution in [1.29, 1.82) is 0 Å². The number of benzene rings is 1. The fourth-order valence-corrected chi connectivity index (χ4v) is 3.25. The molecule has 1 fully saturated rings. The Morgan fingerprint density at radius 2 is 2.00 bits per heavy atom. The van der Waals surface area contributed by atoms with Gasteiger partial charge in [0.15, 0.2) is 0 Å². The maximum absolute atomic E-state index is 12.3. The summed E-state index contributed by atoms with van der Waals surface area (Å²) < 4.78 is 30.0. The number of ether oxygens (including phenoxy) is 1. The van der Waals surface area contributed by atoms with Gasteiger partial charge in [0, 0.05) is 32.2 Å². The molecule has 0 saturated carbocycles. The van der Waals surface area contributed by atoms with Gasteiger partial charge < -0.3 is 10.1 Å². The predicted molar refractivity (Wildman–Crippen MR) is 98.6 cm³/mol. The Balaban J connectivity index is 1.90. The van der Waals surface area contributed by atoms with E-state index in [0.717, 1.165) is 51.1 Å². The lowest BCUT2D eigenvalue weighted by molar-refractivity contribution is 0.0374. The average molecular weight is 369 g/mol. The lowest BCUT2D eigenvalue weighted by Crippen LogP contribution is -2.38.